The van der Waals surface area contributed by atoms with Gasteiger partial charge in [0.05, 0.1) is 11.7 Å². The fourth-order valence-electron chi connectivity index (χ4n) is 2.94. The first-order valence-corrected chi connectivity index (χ1v) is 8.05. The minimum atomic E-state index is 0.304. The summed E-state index contributed by atoms with van der Waals surface area (Å²) >= 11 is 1.23. The van der Waals surface area contributed by atoms with Crippen LogP contribution in [-0.4, -0.2) is 45.9 Å². The molecule has 2 bridgehead atoms. The zero-order valence-corrected chi connectivity index (χ0v) is 12.3. The molecule has 4 heterocycles. The van der Waals surface area contributed by atoms with Gasteiger partial charge in [-0.25, -0.2) is 0 Å². The van der Waals surface area contributed by atoms with Crippen molar-refractivity contribution in [3.05, 3.63) is 0 Å². The molecule has 1 aromatic heterocycles. The van der Waals surface area contributed by atoms with Crippen molar-refractivity contribution in [2.24, 2.45) is 5.92 Å². The summed E-state index contributed by atoms with van der Waals surface area (Å²) in [6.07, 6.45) is 5.16. The fourth-order valence-corrected chi connectivity index (χ4v) is 3.41. The van der Waals surface area contributed by atoms with Gasteiger partial charge in [0.2, 0.25) is 5.82 Å². The lowest BCUT2D eigenvalue weighted by Crippen LogP contribution is -2.52. The molecule has 106 valence electrons. The third-order valence-electron chi connectivity index (χ3n) is 4.14. The smallest absolute Gasteiger partial charge is 0.270 e. The number of aromatic nitrogens is 2. The molecule has 0 aliphatic carbocycles. The van der Waals surface area contributed by atoms with Gasteiger partial charge in [0.25, 0.3) is 5.88 Å². The van der Waals surface area contributed by atoms with E-state index in [2.05, 4.69) is 25.9 Å². The molecule has 0 aromatic carbocycles. The number of piperidine rings is 3. The van der Waals surface area contributed by atoms with Gasteiger partial charge in [-0.15, -0.1) is 4.37 Å². The Hall–Kier alpha value is -0.880. The number of anilines is 1. The number of nitrogens with zero attached hydrogens (tertiary/aromatic N) is 3. The van der Waals surface area contributed by atoms with Crippen molar-refractivity contribution in [3.63, 3.8) is 0 Å². The maximum atomic E-state index is 6.12. The van der Waals surface area contributed by atoms with Gasteiger partial charge < -0.3 is 10.1 Å². The van der Waals surface area contributed by atoms with Gasteiger partial charge in [0.15, 0.2) is 0 Å². The molecule has 19 heavy (non-hydrogen) atoms. The van der Waals surface area contributed by atoms with E-state index in [-0.39, 0.29) is 0 Å². The van der Waals surface area contributed by atoms with Crippen LogP contribution >= 0.6 is 11.7 Å². The number of hydrogen-bond donors (Lipinski definition) is 1. The summed E-state index contributed by atoms with van der Waals surface area (Å²) in [6, 6.07) is 0. The number of hydrogen-bond acceptors (Lipinski definition) is 6. The summed E-state index contributed by atoms with van der Waals surface area (Å²) in [7, 11) is 0. The van der Waals surface area contributed by atoms with Crippen LogP contribution in [0.2, 0.25) is 0 Å². The molecule has 0 radical (unpaired) electrons. The quantitative estimate of drug-likeness (QED) is 0.811. The molecule has 1 atom stereocenters. The lowest BCUT2D eigenvalue weighted by Gasteiger charge is -2.44. The standard InChI is InChI=1S/C13H22N4OS/c1-2-3-6-14-12-13(16-19-15-12)18-11-9-17-7-4-10(11)5-8-17/h10-11H,2-9H2,1H3,(H,14,15). The Labute approximate surface area is 118 Å². The van der Waals surface area contributed by atoms with E-state index in [4.69, 9.17) is 4.74 Å². The Balaban J connectivity index is 1.59. The third kappa shape index (κ3) is 3.00. The van der Waals surface area contributed by atoms with Gasteiger partial charge in [-0.2, -0.15) is 4.37 Å². The Bertz CT molecular complexity index is 403. The Morgan fingerprint density at radius 1 is 1.37 bits per heavy atom. The van der Waals surface area contributed by atoms with E-state index in [0.717, 1.165) is 25.3 Å². The average Bonchev–Trinajstić information content (AvgIpc) is 2.88. The monoisotopic (exact) mass is 282 g/mol. The van der Waals surface area contributed by atoms with Crippen molar-refractivity contribution in [1.82, 2.24) is 13.6 Å². The van der Waals surface area contributed by atoms with E-state index in [1.165, 1.54) is 44.1 Å². The van der Waals surface area contributed by atoms with Crippen LogP contribution in [0.1, 0.15) is 32.6 Å². The second-order valence-corrected chi connectivity index (χ2v) is 6.02. The molecular formula is C13H22N4OS. The van der Waals surface area contributed by atoms with E-state index in [1.54, 1.807) is 0 Å². The topological polar surface area (TPSA) is 50.3 Å². The third-order valence-corrected chi connectivity index (χ3v) is 4.65. The number of unbranched alkanes of at least 4 members (excludes halogenated alkanes) is 1. The summed E-state index contributed by atoms with van der Waals surface area (Å²) in [5.41, 5.74) is 0. The summed E-state index contributed by atoms with van der Waals surface area (Å²) in [6.45, 7) is 6.66. The maximum absolute atomic E-state index is 6.12. The van der Waals surface area contributed by atoms with E-state index in [9.17, 15) is 0 Å². The molecule has 1 N–H and O–H groups in total. The first-order valence-electron chi connectivity index (χ1n) is 7.32. The molecule has 4 rings (SSSR count). The number of nitrogens with one attached hydrogen (secondary N) is 1. The lowest BCUT2D eigenvalue weighted by atomic mass is 9.86. The molecule has 1 aromatic rings. The highest BCUT2D eigenvalue weighted by molar-refractivity contribution is 6.99. The second kappa shape index (κ2) is 6.05. The van der Waals surface area contributed by atoms with E-state index in [1.807, 2.05) is 0 Å². The molecule has 1 unspecified atom stereocenters. The highest BCUT2D eigenvalue weighted by Crippen LogP contribution is 2.32. The SMILES string of the molecule is CCCCNc1nsnc1OC1CN2CCC1CC2. The molecule has 0 saturated carbocycles. The molecule has 3 saturated heterocycles. The minimum Gasteiger partial charge on any atom is -0.469 e. The van der Waals surface area contributed by atoms with Crippen LogP contribution in [0.5, 0.6) is 5.88 Å². The first-order chi connectivity index (χ1) is 9.36. The Morgan fingerprint density at radius 2 is 2.21 bits per heavy atom. The lowest BCUT2D eigenvalue weighted by molar-refractivity contribution is -0.00918. The first kappa shape index (κ1) is 13.1. The highest BCUT2D eigenvalue weighted by Gasteiger charge is 2.36. The van der Waals surface area contributed by atoms with Crippen molar-refractivity contribution in [3.8, 4) is 5.88 Å². The van der Waals surface area contributed by atoms with Crippen LogP contribution in [0.25, 0.3) is 0 Å². The van der Waals surface area contributed by atoms with Gasteiger partial charge in [-0.3, -0.25) is 4.90 Å². The van der Waals surface area contributed by atoms with Gasteiger partial charge in [-0.1, -0.05) is 13.3 Å². The van der Waals surface area contributed by atoms with E-state index < -0.39 is 0 Å². The van der Waals surface area contributed by atoms with Crippen LogP contribution in [0.15, 0.2) is 0 Å². The van der Waals surface area contributed by atoms with Gasteiger partial charge in [-0.05, 0) is 38.3 Å². The normalized spacial score (nSPS) is 29.4. The predicted molar refractivity (Wildman–Crippen MR) is 76.9 cm³/mol. The molecular weight excluding hydrogens is 260 g/mol. The average molecular weight is 282 g/mol. The van der Waals surface area contributed by atoms with Gasteiger partial charge >= 0.3 is 0 Å². The number of rotatable bonds is 6. The van der Waals surface area contributed by atoms with Crippen LogP contribution in [0, 0.1) is 5.92 Å². The van der Waals surface area contributed by atoms with Crippen molar-refractivity contribution in [1.29, 1.82) is 0 Å². The summed E-state index contributed by atoms with van der Waals surface area (Å²) in [4.78, 5) is 2.49. The van der Waals surface area contributed by atoms with Crippen molar-refractivity contribution >= 4 is 17.5 Å². The highest BCUT2D eigenvalue weighted by atomic mass is 32.1. The second-order valence-electron chi connectivity index (χ2n) is 5.49. The van der Waals surface area contributed by atoms with Crippen LogP contribution in [0.4, 0.5) is 5.82 Å². The van der Waals surface area contributed by atoms with Crippen LogP contribution in [-0.2, 0) is 0 Å². The van der Waals surface area contributed by atoms with Gasteiger partial charge in [0.1, 0.15) is 6.10 Å². The molecule has 0 amide bonds. The molecule has 6 heteroatoms. The van der Waals surface area contributed by atoms with Crippen LogP contribution < -0.4 is 10.1 Å². The molecule has 0 spiro atoms. The molecule has 3 aliphatic rings. The van der Waals surface area contributed by atoms with Crippen LogP contribution in [0.3, 0.4) is 0 Å². The zero-order valence-electron chi connectivity index (χ0n) is 11.5. The number of fused-ring (bicyclic) bond motifs is 3. The fraction of sp³-hybridized carbons (Fsp3) is 0.846. The maximum Gasteiger partial charge on any atom is 0.270 e. The minimum absolute atomic E-state index is 0.304. The predicted octanol–water partition coefficient (Wildman–Crippen LogP) is 2.22. The summed E-state index contributed by atoms with van der Waals surface area (Å²) < 4.78 is 14.7. The number of ether oxygens (including phenoxy) is 1. The van der Waals surface area contributed by atoms with Crippen molar-refractivity contribution in [2.45, 2.75) is 38.7 Å². The molecule has 5 nitrogen and oxygen atoms in total. The van der Waals surface area contributed by atoms with E-state index in [0.29, 0.717) is 17.9 Å². The summed E-state index contributed by atoms with van der Waals surface area (Å²) in [5.74, 6) is 2.24. The summed E-state index contributed by atoms with van der Waals surface area (Å²) in [5, 5.41) is 3.33. The largest absolute Gasteiger partial charge is 0.469 e. The van der Waals surface area contributed by atoms with E-state index >= 15 is 0 Å². The molecule has 3 aliphatic heterocycles. The van der Waals surface area contributed by atoms with Gasteiger partial charge in [0, 0.05) is 13.1 Å². The molecule has 3 fully saturated rings. The Morgan fingerprint density at radius 3 is 2.89 bits per heavy atom. The van der Waals surface area contributed by atoms with Crippen molar-refractivity contribution in [2.75, 3.05) is 31.5 Å². The van der Waals surface area contributed by atoms with Crippen molar-refractivity contribution < 1.29 is 4.74 Å². The zero-order chi connectivity index (χ0) is 13.1. The Kier molecular flexibility index (Phi) is 4.18.